The van der Waals surface area contributed by atoms with Gasteiger partial charge < -0.3 is 30.1 Å². The highest BCUT2D eigenvalue weighted by molar-refractivity contribution is 5.86. The number of amides is 2. The van der Waals surface area contributed by atoms with Gasteiger partial charge in [0.25, 0.3) is 5.91 Å². The number of hydrogen-bond acceptors (Lipinski definition) is 7. The Labute approximate surface area is 201 Å². The number of halogens is 1. The molecule has 9 nitrogen and oxygen atoms in total. The molecule has 0 bridgehead atoms. The van der Waals surface area contributed by atoms with Crippen LogP contribution in [0.2, 0.25) is 0 Å². The Balaban J connectivity index is 0.00000281. The van der Waals surface area contributed by atoms with E-state index >= 15 is 0 Å². The van der Waals surface area contributed by atoms with Crippen LogP contribution in [0.1, 0.15) is 20.8 Å². The van der Waals surface area contributed by atoms with Gasteiger partial charge in [0.1, 0.15) is 12.4 Å². The molecule has 2 heterocycles. The van der Waals surface area contributed by atoms with Crippen molar-refractivity contribution in [3.8, 4) is 0 Å². The van der Waals surface area contributed by atoms with Gasteiger partial charge in [-0.3, -0.25) is 9.69 Å². The number of aliphatic hydroxyl groups is 1. The van der Waals surface area contributed by atoms with Gasteiger partial charge >= 0.3 is 6.09 Å². The Bertz CT molecular complexity index is 812. The van der Waals surface area contributed by atoms with Crippen LogP contribution in [0.15, 0.2) is 60.3 Å². The maximum Gasteiger partial charge on any atom is 0.407 e. The summed E-state index contributed by atoms with van der Waals surface area (Å²) >= 11 is 0. The number of allylic oxidation sites excluding steroid dienone is 4. The van der Waals surface area contributed by atoms with Gasteiger partial charge in [0.15, 0.2) is 5.72 Å². The SMILES string of the molecule is C=C(F)/C=C(\C=C/COC)N1CCN(C(C)(O)C(=O)NC2=C/COC(=O)NC/C=C\2)CC1.CC. The minimum absolute atomic E-state index is 0.0157. The van der Waals surface area contributed by atoms with E-state index in [9.17, 15) is 19.1 Å². The minimum Gasteiger partial charge on any atom is -0.445 e. The lowest BCUT2D eigenvalue weighted by Gasteiger charge is -2.42. The van der Waals surface area contributed by atoms with E-state index in [2.05, 4.69) is 17.2 Å². The highest BCUT2D eigenvalue weighted by atomic mass is 19.1. The van der Waals surface area contributed by atoms with E-state index in [0.717, 1.165) is 0 Å². The number of piperazine rings is 1. The smallest absolute Gasteiger partial charge is 0.407 e. The Morgan fingerprint density at radius 1 is 1.38 bits per heavy atom. The van der Waals surface area contributed by atoms with Crippen LogP contribution in [0.25, 0.3) is 0 Å². The van der Waals surface area contributed by atoms with E-state index in [1.54, 1.807) is 42.4 Å². The summed E-state index contributed by atoms with van der Waals surface area (Å²) in [5.74, 6) is -1.17. The Hall–Kier alpha value is -2.95. The van der Waals surface area contributed by atoms with Gasteiger partial charge in [-0.05, 0) is 31.2 Å². The molecule has 0 aromatic rings. The number of cyclic esters (lactones) is 1. The molecule has 0 radical (unpaired) electrons. The van der Waals surface area contributed by atoms with Gasteiger partial charge in [-0.2, -0.15) is 0 Å². The minimum atomic E-state index is -1.77. The fraction of sp³-hybridized carbons (Fsp3) is 0.500. The number of ether oxygens (including phenoxy) is 2. The van der Waals surface area contributed by atoms with Crippen molar-refractivity contribution in [2.24, 2.45) is 0 Å². The van der Waals surface area contributed by atoms with Gasteiger partial charge in [-0.25, -0.2) is 9.18 Å². The fourth-order valence-corrected chi connectivity index (χ4v) is 3.21. The van der Waals surface area contributed by atoms with Crippen molar-refractivity contribution in [3.63, 3.8) is 0 Å². The Morgan fingerprint density at radius 2 is 2.06 bits per heavy atom. The van der Waals surface area contributed by atoms with E-state index in [-0.39, 0.29) is 13.2 Å². The summed E-state index contributed by atoms with van der Waals surface area (Å²) in [6.45, 7) is 11.1. The summed E-state index contributed by atoms with van der Waals surface area (Å²) in [6.07, 6.45) is 9.15. The van der Waals surface area contributed by atoms with E-state index in [1.165, 1.54) is 13.0 Å². The molecule has 2 rings (SSSR count). The van der Waals surface area contributed by atoms with Crippen molar-refractivity contribution in [2.45, 2.75) is 26.5 Å². The molecule has 190 valence electrons. The molecule has 1 unspecified atom stereocenters. The van der Waals surface area contributed by atoms with Crippen LogP contribution in [0.3, 0.4) is 0 Å². The second kappa shape index (κ2) is 15.0. The number of alkyl carbamates (subject to hydrolysis) is 1. The van der Waals surface area contributed by atoms with Gasteiger partial charge in [0, 0.05) is 51.2 Å². The number of methoxy groups -OCH3 is 1. The zero-order valence-corrected chi connectivity index (χ0v) is 20.5. The number of rotatable bonds is 8. The first-order valence-electron chi connectivity index (χ1n) is 11.3. The van der Waals surface area contributed by atoms with Gasteiger partial charge in [0.05, 0.1) is 6.61 Å². The van der Waals surface area contributed by atoms with Crippen molar-refractivity contribution in [3.05, 3.63) is 60.3 Å². The van der Waals surface area contributed by atoms with Crippen LogP contribution in [-0.4, -0.2) is 85.7 Å². The standard InChI is InChI=1S/C22H31FN4O5.C2H6/c1-17(23)16-19(7-5-14-31-3)26-10-12-27(13-11-26)22(2,30)20(28)25-18-6-4-9-24-21(29)32-15-8-18;1-2/h4-8,16,30H,1,9-15H2,2-3H3,(H,24,29)(H,25,28);1-2H3/b6-4-,7-5-,18-8+,19-16+;. The average Bonchev–Trinajstić information content (AvgIpc) is 2.91. The molecule has 0 saturated carbocycles. The zero-order chi connectivity index (χ0) is 25.6. The number of nitrogens with zero attached hydrogens (tertiary/aromatic N) is 2. The van der Waals surface area contributed by atoms with E-state index in [4.69, 9.17) is 9.47 Å². The summed E-state index contributed by atoms with van der Waals surface area (Å²) < 4.78 is 23.3. The van der Waals surface area contributed by atoms with E-state index in [1.807, 2.05) is 18.7 Å². The maximum absolute atomic E-state index is 13.4. The topological polar surface area (TPSA) is 103 Å². The van der Waals surface area contributed by atoms with Gasteiger partial charge in [-0.15, -0.1) is 0 Å². The predicted octanol–water partition coefficient (Wildman–Crippen LogP) is 2.20. The van der Waals surface area contributed by atoms with E-state index < -0.39 is 23.6 Å². The van der Waals surface area contributed by atoms with Crippen LogP contribution < -0.4 is 10.6 Å². The first kappa shape index (κ1) is 29.1. The maximum atomic E-state index is 13.4. The molecule has 10 heteroatoms. The molecule has 0 spiro atoms. The summed E-state index contributed by atoms with van der Waals surface area (Å²) in [5.41, 5.74) is -0.712. The molecule has 2 aliphatic heterocycles. The van der Waals surface area contributed by atoms with Crippen molar-refractivity contribution < 1.29 is 28.6 Å². The average molecular weight is 481 g/mol. The summed E-state index contributed by atoms with van der Waals surface area (Å²) in [6, 6.07) is 0. The van der Waals surface area contributed by atoms with Gasteiger partial charge in [0.2, 0.25) is 0 Å². The molecule has 1 atom stereocenters. The van der Waals surface area contributed by atoms with Crippen molar-refractivity contribution >= 4 is 12.0 Å². The predicted molar refractivity (Wildman–Crippen MR) is 129 cm³/mol. The van der Waals surface area contributed by atoms with E-state index in [0.29, 0.717) is 44.2 Å². The number of nitrogens with one attached hydrogen (secondary N) is 2. The summed E-state index contributed by atoms with van der Waals surface area (Å²) in [5, 5.41) is 16.1. The lowest BCUT2D eigenvalue weighted by molar-refractivity contribution is -0.162. The van der Waals surface area contributed by atoms with Crippen LogP contribution in [-0.2, 0) is 14.3 Å². The Morgan fingerprint density at radius 3 is 2.68 bits per heavy atom. The second-order valence-electron chi connectivity index (χ2n) is 7.36. The van der Waals surface area contributed by atoms with Crippen molar-refractivity contribution in [1.82, 2.24) is 20.4 Å². The third-order valence-electron chi connectivity index (χ3n) is 4.98. The Kier molecular flexibility index (Phi) is 12.9. The molecule has 2 aliphatic rings. The first-order valence-corrected chi connectivity index (χ1v) is 11.3. The highest BCUT2D eigenvalue weighted by Gasteiger charge is 2.39. The van der Waals surface area contributed by atoms with Crippen molar-refractivity contribution in [1.29, 1.82) is 0 Å². The van der Waals surface area contributed by atoms with Crippen molar-refractivity contribution in [2.75, 3.05) is 53.0 Å². The molecular weight excluding hydrogens is 443 g/mol. The molecular formula is C24H37FN4O5. The summed E-state index contributed by atoms with van der Waals surface area (Å²) in [4.78, 5) is 27.7. The largest absolute Gasteiger partial charge is 0.445 e. The number of carbonyl (C=O) groups is 2. The first-order chi connectivity index (χ1) is 16.2. The van der Waals surface area contributed by atoms with Crippen LogP contribution in [0.4, 0.5) is 9.18 Å². The molecule has 0 aromatic heterocycles. The van der Waals surface area contributed by atoms with Crippen LogP contribution in [0.5, 0.6) is 0 Å². The molecule has 34 heavy (non-hydrogen) atoms. The quantitative estimate of drug-likeness (QED) is 0.458. The van der Waals surface area contributed by atoms with Crippen LogP contribution in [0, 0.1) is 0 Å². The lowest BCUT2D eigenvalue weighted by Crippen LogP contribution is -2.61. The molecule has 0 aliphatic carbocycles. The summed E-state index contributed by atoms with van der Waals surface area (Å²) in [7, 11) is 1.57. The third kappa shape index (κ3) is 9.50. The molecule has 1 saturated heterocycles. The highest BCUT2D eigenvalue weighted by Crippen LogP contribution is 2.19. The molecule has 1 fully saturated rings. The number of carbonyl (C=O) groups excluding carboxylic acids is 2. The molecule has 2 amide bonds. The zero-order valence-electron chi connectivity index (χ0n) is 20.5. The van der Waals surface area contributed by atoms with Gasteiger partial charge in [-0.1, -0.05) is 32.6 Å². The number of hydrogen-bond donors (Lipinski definition) is 3. The third-order valence-corrected chi connectivity index (χ3v) is 4.98. The van der Waals surface area contributed by atoms with Crippen LogP contribution >= 0.6 is 0 Å². The fourth-order valence-electron chi connectivity index (χ4n) is 3.21. The normalized spacial score (nSPS) is 21.8. The monoisotopic (exact) mass is 480 g/mol. The second-order valence-corrected chi connectivity index (χ2v) is 7.36. The molecule has 0 aromatic carbocycles. The molecule has 3 N–H and O–H groups in total. The lowest BCUT2D eigenvalue weighted by atomic mass is 10.1.